The monoisotopic (exact) mass is 172 g/mol. The molecule has 0 unspecified atom stereocenters. The summed E-state index contributed by atoms with van der Waals surface area (Å²) in [5, 5.41) is 0. The molecule has 0 nitrogen and oxygen atoms in total. The lowest BCUT2D eigenvalue weighted by Crippen LogP contribution is -2.18. The lowest BCUT2D eigenvalue weighted by Gasteiger charge is -2.26. The Kier molecular flexibility index (Phi) is 3.00. The molecule has 11 heavy (non-hydrogen) atoms. The first-order chi connectivity index (χ1) is 5.18. The Morgan fingerprint density at radius 1 is 1.45 bits per heavy atom. The van der Waals surface area contributed by atoms with Gasteiger partial charge >= 0.3 is 0 Å². The summed E-state index contributed by atoms with van der Waals surface area (Å²) in [4.78, 5) is 0. The van der Waals surface area contributed by atoms with Crippen molar-refractivity contribution in [2.45, 2.75) is 39.0 Å². The van der Waals surface area contributed by atoms with Gasteiger partial charge in [0, 0.05) is 5.88 Å². The third kappa shape index (κ3) is 2.23. The lowest BCUT2D eigenvalue weighted by atomic mass is 9.82. The normalized spacial score (nSPS) is 22.0. The number of hydrogen-bond donors (Lipinski definition) is 0. The predicted molar refractivity (Wildman–Crippen MR) is 51.1 cm³/mol. The molecule has 0 heterocycles. The van der Waals surface area contributed by atoms with Crippen LogP contribution in [-0.2, 0) is 0 Å². The van der Waals surface area contributed by atoms with Gasteiger partial charge in [0.05, 0.1) is 0 Å². The quantitative estimate of drug-likeness (QED) is 0.449. The van der Waals surface area contributed by atoms with Gasteiger partial charge in [0.2, 0.25) is 0 Å². The van der Waals surface area contributed by atoms with Crippen molar-refractivity contribution in [1.82, 2.24) is 0 Å². The van der Waals surface area contributed by atoms with Crippen LogP contribution in [0.1, 0.15) is 39.0 Å². The zero-order valence-electron chi connectivity index (χ0n) is 7.33. The van der Waals surface area contributed by atoms with Gasteiger partial charge in [0.15, 0.2) is 0 Å². The second-order valence-electron chi connectivity index (χ2n) is 3.97. The van der Waals surface area contributed by atoms with Gasteiger partial charge in [0.25, 0.3) is 0 Å². The molecular weight excluding hydrogens is 156 g/mol. The molecule has 0 aliphatic heterocycles. The maximum atomic E-state index is 5.97. The minimum absolute atomic E-state index is 0.424. The molecule has 1 aliphatic carbocycles. The van der Waals surface area contributed by atoms with Crippen molar-refractivity contribution in [2.24, 2.45) is 5.41 Å². The lowest BCUT2D eigenvalue weighted by molar-refractivity contribution is 0.340. The SMILES string of the molecule is C=C(C)CC1(CCl)CCCC1. The van der Waals surface area contributed by atoms with Crippen molar-refractivity contribution >= 4 is 11.6 Å². The van der Waals surface area contributed by atoms with Crippen LogP contribution in [0, 0.1) is 5.41 Å². The van der Waals surface area contributed by atoms with Crippen LogP contribution < -0.4 is 0 Å². The first-order valence-electron chi connectivity index (χ1n) is 4.39. The average Bonchev–Trinajstić information content (AvgIpc) is 2.36. The minimum atomic E-state index is 0.424. The summed E-state index contributed by atoms with van der Waals surface area (Å²) in [7, 11) is 0. The van der Waals surface area contributed by atoms with E-state index in [1.165, 1.54) is 31.3 Å². The van der Waals surface area contributed by atoms with Crippen molar-refractivity contribution in [3.63, 3.8) is 0 Å². The molecule has 0 aromatic carbocycles. The standard InChI is InChI=1S/C10H17Cl/c1-9(2)7-10(8-11)5-3-4-6-10/h1,3-8H2,2H3. The zero-order valence-corrected chi connectivity index (χ0v) is 8.08. The minimum Gasteiger partial charge on any atom is -0.126 e. The molecule has 1 fully saturated rings. The number of allylic oxidation sites excluding steroid dienone is 1. The van der Waals surface area contributed by atoms with Crippen LogP contribution in [0.2, 0.25) is 0 Å². The molecule has 1 aliphatic rings. The van der Waals surface area contributed by atoms with E-state index in [2.05, 4.69) is 13.5 Å². The highest BCUT2D eigenvalue weighted by Crippen LogP contribution is 2.43. The fourth-order valence-electron chi connectivity index (χ4n) is 2.12. The largest absolute Gasteiger partial charge is 0.126 e. The molecule has 0 aromatic heterocycles. The van der Waals surface area contributed by atoms with Gasteiger partial charge in [-0.05, 0) is 31.6 Å². The number of halogens is 1. The highest BCUT2D eigenvalue weighted by atomic mass is 35.5. The predicted octanol–water partition coefficient (Wildman–Crippen LogP) is 3.75. The second-order valence-corrected chi connectivity index (χ2v) is 4.24. The summed E-state index contributed by atoms with van der Waals surface area (Å²) in [5.74, 6) is 0.819. The fourth-order valence-corrected chi connectivity index (χ4v) is 2.48. The van der Waals surface area contributed by atoms with Crippen molar-refractivity contribution in [3.8, 4) is 0 Å². The van der Waals surface area contributed by atoms with E-state index in [9.17, 15) is 0 Å². The van der Waals surface area contributed by atoms with Crippen LogP contribution in [-0.4, -0.2) is 5.88 Å². The number of hydrogen-bond acceptors (Lipinski definition) is 0. The van der Waals surface area contributed by atoms with Gasteiger partial charge in [-0.2, -0.15) is 0 Å². The van der Waals surface area contributed by atoms with Gasteiger partial charge in [-0.15, -0.1) is 18.2 Å². The molecule has 0 bridgehead atoms. The molecule has 0 aromatic rings. The Hall–Kier alpha value is 0.0300. The summed E-state index contributed by atoms with van der Waals surface area (Å²) in [5.41, 5.74) is 1.71. The van der Waals surface area contributed by atoms with Crippen LogP contribution in [0.25, 0.3) is 0 Å². The Balaban J connectivity index is 2.52. The Bertz CT molecular complexity index is 143. The van der Waals surface area contributed by atoms with E-state index < -0.39 is 0 Å². The zero-order chi connectivity index (χ0) is 8.32. The summed E-state index contributed by atoms with van der Waals surface area (Å²) < 4.78 is 0. The number of rotatable bonds is 3. The van der Waals surface area contributed by atoms with Gasteiger partial charge in [-0.3, -0.25) is 0 Å². The van der Waals surface area contributed by atoms with Gasteiger partial charge < -0.3 is 0 Å². The Morgan fingerprint density at radius 3 is 2.36 bits per heavy atom. The van der Waals surface area contributed by atoms with Gasteiger partial charge in [-0.25, -0.2) is 0 Å². The van der Waals surface area contributed by atoms with Gasteiger partial charge in [0.1, 0.15) is 0 Å². The van der Waals surface area contributed by atoms with E-state index >= 15 is 0 Å². The summed E-state index contributed by atoms with van der Waals surface area (Å²) in [6.45, 7) is 6.06. The molecule has 0 saturated heterocycles. The van der Waals surface area contributed by atoms with Crippen molar-refractivity contribution < 1.29 is 0 Å². The van der Waals surface area contributed by atoms with Crippen molar-refractivity contribution in [3.05, 3.63) is 12.2 Å². The molecule has 1 saturated carbocycles. The topological polar surface area (TPSA) is 0 Å². The molecule has 0 N–H and O–H groups in total. The third-order valence-corrected chi connectivity index (χ3v) is 3.19. The van der Waals surface area contributed by atoms with E-state index in [4.69, 9.17) is 11.6 Å². The van der Waals surface area contributed by atoms with Crippen LogP contribution in [0.15, 0.2) is 12.2 Å². The first-order valence-corrected chi connectivity index (χ1v) is 4.92. The van der Waals surface area contributed by atoms with Crippen molar-refractivity contribution in [2.75, 3.05) is 5.88 Å². The molecule has 0 radical (unpaired) electrons. The van der Waals surface area contributed by atoms with Crippen LogP contribution in [0.5, 0.6) is 0 Å². The van der Waals surface area contributed by atoms with Crippen LogP contribution in [0.4, 0.5) is 0 Å². The summed E-state index contributed by atoms with van der Waals surface area (Å²) in [6, 6.07) is 0. The molecular formula is C10H17Cl. The number of alkyl halides is 1. The molecule has 64 valence electrons. The summed E-state index contributed by atoms with van der Waals surface area (Å²) >= 11 is 5.97. The molecule has 1 heteroatoms. The molecule has 0 amide bonds. The average molecular weight is 173 g/mol. The maximum absolute atomic E-state index is 5.97. The Labute approximate surface area is 74.6 Å². The second kappa shape index (κ2) is 3.62. The van der Waals surface area contributed by atoms with Crippen molar-refractivity contribution in [1.29, 1.82) is 0 Å². The highest BCUT2D eigenvalue weighted by molar-refractivity contribution is 6.18. The first kappa shape index (κ1) is 9.12. The third-order valence-electron chi connectivity index (χ3n) is 2.62. The van der Waals surface area contributed by atoms with E-state index in [0.29, 0.717) is 5.41 Å². The van der Waals surface area contributed by atoms with Crippen LogP contribution in [0.3, 0.4) is 0 Å². The van der Waals surface area contributed by atoms with E-state index in [0.717, 1.165) is 12.3 Å². The molecule has 0 spiro atoms. The van der Waals surface area contributed by atoms with E-state index in [-0.39, 0.29) is 0 Å². The summed E-state index contributed by atoms with van der Waals surface area (Å²) in [6.07, 6.45) is 6.48. The Morgan fingerprint density at radius 2 is 2.00 bits per heavy atom. The smallest absolute Gasteiger partial charge is 0.0283 e. The molecule has 0 atom stereocenters. The van der Waals surface area contributed by atoms with E-state index in [1.807, 2.05) is 0 Å². The highest BCUT2D eigenvalue weighted by Gasteiger charge is 2.32. The fraction of sp³-hybridized carbons (Fsp3) is 0.800. The van der Waals surface area contributed by atoms with Crippen LogP contribution >= 0.6 is 11.6 Å². The maximum Gasteiger partial charge on any atom is 0.0283 e. The molecule has 1 rings (SSSR count). The van der Waals surface area contributed by atoms with E-state index in [1.54, 1.807) is 0 Å². The van der Waals surface area contributed by atoms with Gasteiger partial charge in [-0.1, -0.05) is 18.4 Å².